The molecule has 9 aromatic carbocycles. The highest BCUT2D eigenvalue weighted by molar-refractivity contribution is 6.51. The summed E-state index contributed by atoms with van der Waals surface area (Å²) in [6, 6.07) is 37.7. The molecule has 0 fully saturated rings. The number of carbonyl (C=O) groups excluding carboxylic acids is 1. The van der Waals surface area contributed by atoms with E-state index in [1.165, 1.54) is 5.39 Å². The van der Waals surface area contributed by atoms with E-state index in [0.717, 1.165) is 115 Å². The van der Waals surface area contributed by atoms with Crippen molar-refractivity contribution in [3.8, 4) is 0 Å². The minimum Gasteiger partial charge on any atom is -0.294 e. The van der Waals surface area contributed by atoms with E-state index in [1.54, 1.807) is 6.92 Å². The fourth-order valence-electron chi connectivity index (χ4n) is 9.04. The Morgan fingerprint density at radius 3 is 1.88 bits per heavy atom. The molecule has 0 N–H and O–H groups in total. The second-order valence-corrected chi connectivity index (χ2v) is 15.3. The van der Waals surface area contributed by atoms with Crippen molar-refractivity contribution in [1.82, 2.24) is 9.38 Å². The largest absolute Gasteiger partial charge is 0.294 e. The number of Topliss-reactive ketones (excluding diaryl/α,β-unsaturated/α-hetero) is 1. The number of aryl methyl sites for hydroxylation is 1. The molecule has 0 unspecified atom stereocenters. The van der Waals surface area contributed by atoms with E-state index < -0.39 is 0 Å². The van der Waals surface area contributed by atoms with Crippen molar-refractivity contribution >= 4 is 139 Å². The van der Waals surface area contributed by atoms with Crippen LogP contribution in [0.25, 0.3) is 98.7 Å². The summed E-state index contributed by atoms with van der Waals surface area (Å²) in [5, 5.41) is 15.9. The van der Waals surface area contributed by atoms with Gasteiger partial charge in [0.1, 0.15) is 5.65 Å². The van der Waals surface area contributed by atoms with Crippen molar-refractivity contribution < 1.29 is 4.79 Å². The summed E-state index contributed by atoms with van der Waals surface area (Å²) in [6.45, 7) is 14.3. The summed E-state index contributed by atoms with van der Waals surface area (Å²) >= 11 is 14.7. The molecule has 0 aliphatic heterocycles. The molecule has 11 aromatic rings. The number of aliphatic imine (C=N–C) groups is 1. The number of halogens is 2. The maximum absolute atomic E-state index is 13.5. The first-order valence-corrected chi connectivity index (χ1v) is 19.7. The van der Waals surface area contributed by atoms with Gasteiger partial charge in [-0.05, 0) is 101 Å². The van der Waals surface area contributed by atoms with Crippen molar-refractivity contribution in [1.29, 1.82) is 0 Å². The summed E-state index contributed by atoms with van der Waals surface area (Å²) in [5.41, 5.74) is 6.96. The van der Waals surface area contributed by atoms with Crippen LogP contribution in [0.2, 0.25) is 10.0 Å². The first kappa shape index (κ1) is 34.4. The van der Waals surface area contributed by atoms with Crippen molar-refractivity contribution in [2.75, 3.05) is 0 Å². The lowest BCUT2D eigenvalue weighted by Crippen LogP contribution is -2.13. The predicted molar refractivity (Wildman–Crippen MR) is 242 cm³/mol. The summed E-state index contributed by atoms with van der Waals surface area (Å²) < 4.78 is 2.16. The molecule has 2 heterocycles. The van der Waals surface area contributed by atoms with Crippen LogP contribution in [-0.2, 0) is 0 Å². The van der Waals surface area contributed by atoms with Crippen LogP contribution in [-0.4, -0.2) is 20.9 Å². The third-order valence-corrected chi connectivity index (χ3v) is 12.1. The van der Waals surface area contributed by atoms with E-state index in [9.17, 15) is 4.79 Å². The zero-order chi connectivity index (χ0) is 38.7. The van der Waals surface area contributed by atoms with Crippen molar-refractivity contribution in [2.24, 2.45) is 4.99 Å². The van der Waals surface area contributed by atoms with Crippen molar-refractivity contribution in [2.45, 2.75) is 34.6 Å². The maximum atomic E-state index is 13.5. The SMILES string of the molecule is C=c1c2cc(Cl)c3c4c(Cl)cc(C(C)=O)c5c(C(C)=Nc6cc7ccccc7cc6C)ccc(c6ccc(c2c63)c2nc3cc6ccccc6cc3n12)c54.CC. The molecule has 0 aliphatic carbocycles. The number of carbonyl (C=O) groups is 1. The number of aromatic nitrogens is 2. The standard InChI is InChI=1S/C48H29Cl2N3O.C2H6/c1-23-17-27-9-5-6-10-28(27)18-39(23)51-24(2)31-13-14-32-33-15-16-34-43-35(25(3)53-41-20-30-12-8-7-11-29(30)19-40(41)52-48(34)53)21-37(49)46(45(33)43)47-38(50)22-36(26(4)54)42(31)44(32)47;1-2/h5-22H,3H2,1-2,4H3;1-2H3. The number of rotatable bonds is 3. The Hall–Kier alpha value is -6.07. The molecule has 0 amide bonds. The molecule has 11 rings (SSSR count). The molecule has 6 heteroatoms. The highest BCUT2D eigenvalue weighted by Gasteiger charge is 2.26. The number of imidazole rings is 1. The second-order valence-electron chi connectivity index (χ2n) is 14.5. The number of hydrogen-bond acceptors (Lipinski definition) is 3. The summed E-state index contributed by atoms with van der Waals surface area (Å²) in [4.78, 5) is 23.9. The number of pyridine rings is 1. The van der Waals surface area contributed by atoms with Crippen LogP contribution in [0.4, 0.5) is 5.69 Å². The van der Waals surface area contributed by atoms with Crippen LogP contribution in [0.15, 0.2) is 114 Å². The molecule has 270 valence electrons. The van der Waals surface area contributed by atoms with Gasteiger partial charge in [0.15, 0.2) is 5.78 Å². The van der Waals surface area contributed by atoms with Crippen LogP contribution in [0, 0.1) is 6.92 Å². The lowest BCUT2D eigenvalue weighted by atomic mass is 9.84. The van der Waals surface area contributed by atoms with Crippen molar-refractivity contribution in [3.63, 3.8) is 0 Å². The van der Waals surface area contributed by atoms with Gasteiger partial charge in [0, 0.05) is 75.3 Å². The highest BCUT2D eigenvalue weighted by atomic mass is 35.5. The molecule has 4 nitrogen and oxygen atoms in total. The van der Waals surface area contributed by atoms with Crippen LogP contribution >= 0.6 is 23.2 Å². The normalized spacial score (nSPS) is 12.4. The summed E-state index contributed by atoms with van der Waals surface area (Å²) in [5.74, 6) is -0.0680. The molecule has 0 saturated heterocycles. The Morgan fingerprint density at radius 1 is 0.625 bits per heavy atom. The van der Waals surface area contributed by atoms with Crippen LogP contribution < -0.4 is 5.35 Å². The second kappa shape index (κ2) is 12.5. The molecule has 0 saturated carbocycles. The fourth-order valence-corrected chi connectivity index (χ4v) is 9.63. The van der Waals surface area contributed by atoms with Gasteiger partial charge in [-0.1, -0.05) is 110 Å². The zero-order valence-corrected chi connectivity index (χ0v) is 33.1. The molecule has 2 aromatic heterocycles. The topological polar surface area (TPSA) is 46.7 Å². The quantitative estimate of drug-likeness (QED) is 0.0778. The molecule has 0 bridgehead atoms. The van der Waals surface area contributed by atoms with E-state index in [2.05, 4.69) is 103 Å². The van der Waals surface area contributed by atoms with Gasteiger partial charge in [0.2, 0.25) is 0 Å². The molecular formula is C50H35Cl2N3O. The minimum atomic E-state index is -0.0680. The lowest BCUT2D eigenvalue weighted by molar-refractivity contribution is 0.101. The fraction of sp³-hybridized carbons (Fsp3) is 0.100. The number of hydrogen-bond donors (Lipinski definition) is 0. The monoisotopic (exact) mass is 763 g/mol. The van der Waals surface area contributed by atoms with Crippen LogP contribution in [0.5, 0.6) is 0 Å². The van der Waals surface area contributed by atoms with Gasteiger partial charge in [-0.3, -0.25) is 14.2 Å². The summed E-state index contributed by atoms with van der Waals surface area (Å²) in [6.07, 6.45) is 0. The lowest BCUT2D eigenvalue weighted by Gasteiger charge is -2.21. The number of nitrogens with zero attached hydrogens (tertiary/aromatic N) is 3. The predicted octanol–water partition coefficient (Wildman–Crippen LogP) is 14.1. The number of fused-ring (bicyclic) bond motifs is 8. The van der Waals surface area contributed by atoms with Crippen LogP contribution in [0.1, 0.15) is 49.2 Å². The molecule has 0 aliphatic rings. The van der Waals surface area contributed by atoms with Gasteiger partial charge in [-0.15, -0.1) is 0 Å². The number of ketones is 1. The van der Waals surface area contributed by atoms with E-state index in [-0.39, 0.29) is 5.78 Å². The van der Waals surface area contributed by atoms with E-state index in [0.29, 0.717) is 15.6 Å². The summed E-state index contributed by atoms with van der Waals surface area (Å²) in [7, 11) is 0. The van der Waals surface area contributed by atoms with Gasteiger partial charge in [0.25, 0.3) is 0 Å². The van der Waals surface area contributed by atoms with Crippen molar-refractivity contribution in [3.05, 3.63) is 141 Å². The van der Waals surface area contributed by atoms with Gasteiger partial charge in [-0.2, -0.15) is 0 Å². The van der Waals surface area contributed by atoms with Gasteiger partial charge in [-0.25, -0.2) is 4.98 Å². The Morgan fingerprint density at radius 2 is 1.20 bits per heavy atom. The molecule has 0 atom stereocenters. The van der Waals surface area contributed by atoms with Gasteiger partial charge >= 0.3 is 0 Å². The van der Waals surface area contributed by atoms with Crippen LogP contribution in [0.3, 0.4) is 0 Å². The maximum Gasteiger partial charge on any atom is 0.160 e. The van der Waals surface area contributed by atoms with Gasteiger partial charge < -0.3 is 0 Å². The first-order chi connectivity index (χ1) is 27.2. The molecule has 56 heavy (non-hydrogen) atoms. The Bertz CT molecular complexity index is 3600. The highest BCUT2D eigenvalue weighted by Crippen LogP contribution is 2.49. The average molecular weight is 765 g/mol. The van der Waals surface area contributed by atoms with E-state index in [1.807, 2.05) is 45.0 Å². The van der Waals surface area contributed by atoms with E-state index in [4.69, 9.17) is 33.2 Å². The third kappa shape index (κ3) is 4.70. The third-order valence-electron chi connectivity index (χ3n) is 11.5. The Kier molecular flexibility index (Phi) is 7.67. The van der Waals surface area contributed by atoms with Gasteiger partial charge in [0.05, 0.1) is 16.7 Å². The first-order valence-electron chi connectivity index (χ1n) is 18.9. The molecule has 0 radical (unpaired) electrons. The Balaban J connectivity index is 0.00000189. The smallest absolute Gasteiger partial charge is 0.160 e. The average Bonchev–Trinajstić information content (AvgIpc) is 3.58. The Labute approximate surface area is 332 Å². The molecular weight excluding hydrogens is 729 g/mol. The molecule has 0 spiro atoms. The zero-order valence-electron chi connectivity index (χ0n) is 31.6. The van der Waals surface area contributed by atoms with E-state index >= 15 is 0 Å². The minimum absolute atomic E-state index is 0.0680. The number of benzene rings is 9.